The van der Waals surface area contributed by atoms with E-state index < -0.39 is 24.3 Å². The normalized spacial score (nSPS) is 24.2. The van der Waals surface area contributed by atoms with Gasteiger partial charge in [-0.15, -0.1) is 0 Å². The fourth-order valence-electron chi connectivity index (χ4n) is 9.82. The number of benzene rings is 2. The fourth-order valence-corrected chi connectivity index (χ4v) is 9.82. The number of halogens is 2. The number of aromatic amines is 1. The molecule has 0 aliphatic carbocycles. The number of piperidine rings is 2. The molecule has 4 atom stereocenters. The first-order valence-electron chi connectivity index (χ1n) is 20.5. The first-order valence-corrected chi connectivity index (χ1v) is 20.5. The highest BCUT2D eigenvalue weighted by atomic mass is 19.3. The van der Waals surface area contributed by atoms with E-state index in [1.165, 1.54) is 5.56 Å². The number of nitrogens with one attached hydrogen (secondary N) is 3. The molecular formula is C43H50F2N8O5. The molecule has 0 saturated carbocycles. The van der Waals surface area contributed by atoms with Crippen molar-refractivity contribution in [1.82, 2.24) is 30.4 Å². The second kappa shape index (κ2) is 15.8. The Balaban J connectivity index is 0.818. The lowest BCUT2D eigenvalue weighted by molar-refractivity contribution is -0.134. The molecule has 4 aromatic rings. The molecule has 1 unspecified atom stereocenters. The molecular weight excluding hydrogens is 747 g/mol. The molecule has 58 heavy (non-hydrogen) atoms. The van der Waals surface area contributed by atoms with Gasteiger partial charge in [0, 0.05) is 85.6 Å². The second-order valence-corrected chi connectivity index (χ2v) is 16.4. The largest absolute Gasteiger partial charge is 0.496 e. The Bertz CT molecular complexity index is 2210. The number of para-hydroxylation sites is 1. The maximum absolute atomic E-state index is 14.0. The van der Waals surface area contributed by atoms with Gasteiger partial charge < -0.3 is 29.6 Å². The van der Waals surface area contributed by atoms with Crippen LogP contribution in [0.5, 0.6) is 11.6 Å². The number of ether oxygens (including phenoxy) is 2. The van der Waals surface area contributed by atoms with Crippen LogP contribution in [0.3, 0.4) is 0 Å². The third-order valence-electron chi connectivity index (χ3n) is 12.8. The summed E-state index contributed by atoms with van der Waals surface area (Å²) in [6.07, 6.45) is 0.797. The Morgan fingerprint density at radius 3 is 2.67 bits per heavy atom. The van der Waals surface area contributed by atoms with Crippen molar-refractivity contribution in [3.63, 3.8) is 0 Å². The molecule has 0 spiro atoms. The number of alkyl halides is 2. The standard InChI is InChI=1S/C43H50F2N8O5/c1-25-19-31-29-5-3-4-6-32(29)46-39(31)40(53(25)23-37(44)45)30-8-7-27(20-36(30)57-2)51-15-13-26(14-16-51)21-50-17-18-52-28(22-50)24-58-43-35(52)11-9-34(48-43)41(55)47-33-10-12-38(54)49-42(33)56/h3-9,11,20,25-26,28,33,37,40,46H,10,12-19,21-24H2,1-2H3,(H,47,55)(H,49,54,56)/t25-,28-,33?,40-/m1/s1. The van der Waals surface area contributed by atoms with Crippen molar-refractivity contribution in [2.75, 3.05) is 69.3 Å². The molecule has 13 nitrogen and oxygen atoms in total. The minimum atomic E-state index is -2.46. The van der Waals surface area contributed by atoms with Crippen molar-refractivity contribution >= 4 is 40.0 Å². The zero-order chi connectivity index (χ0) is 40.1. The summed E-state index contributed by atoms with van der Waals surface area (Å²) >= 11 is 0. The van der Waals surface area contributed by atoms with Crippen LogP contribution >= 0.6 is 0 Å². The van der Waals surface area contributed by atoms with Crippen LogP contribution in [0.2, 0.25) is 0 Å². The molecule has 5 aliphatic rings. The molecule has 0 radical (unpaired) electrons. The number of methoxy groups -OCH3 is 1. The molecule has 0 bridgehead atoms. The van der Waals surface area contributed by atoms with Crippen molar-refractivity contribution in [2.45, 2.75) is 69.6 Å². The van der Waals surface area contributed by atoms with Crippen LogP contribution < -0.4 is 29.9 Å². The Kier molecular flexibility index (Phi) is 10.4. The minimum Gasteiger partial charge on any atom is -0.496 e. The molecule has 5 aliphatic heterocycles. The van der Waals surface area contributed by atoms with E-state index >= 15 is 0 Å². The quantitative estimate of drug-likeness (QED) is 0.208. The predicted molar refractivity (Wildman–Crippen MR) is 215 cm³/mol. The summed E-state index contributed by atoms with van der Waals surface area (Å²) in [5.41, 5.74) is 6.18. The van der Waals surface area contributed by atoms with Crippen molar-refractivity contribution in [2.24, 2.45) is 5.92 Å². The maximum atomic E-state index is 14.0. The van der Waals surface area contributed by atoms with Crippen LogP contribution in [-0.4, -0.2) is 122 Å². The first kappa shape index (κ1) is 38.2. The highest BCUT2D eigenvalue weighted by Crippen LogP contribution is 2.45. The van der Waals surface area contributed by atoms with Gasteiger partial charge in [-0.2, -0.15) is 0 Å². The number of carbonyl (C=O) groups is 3. The Morgan fingerprint density at radius 2 is 1.88 bits per heavy atom. The number of pyridine rings is 1. The summed E-state index contributed by atoms with van der Waals surface area (Å²) in [5, 5.41) is 6.09. The molecule has 2 aromatic carbocycles. The Hall–Kier alpha value is -5.28. The average Bonchev–Trinajstić information content (AvgIpc) is 3.59. The number of amides is 3. The number of H-pyrrole nitrogens is 1. The Labute approximate surface area is 336 Å². The van der Waals surface area contributed by atoms with Gasteiger partial charge in [0.15, 0.2) is 0 Å². The van der Waals surface area contributed by atoms with Crippen LogP contribution in [-0.2, 0) is 16.0 Å². The van der Waals surface area contributed by atoms with Gasteiger partial charge in [-0.25, -0.2) is 13.8 Å². The topological polar surface area (TPSA) is 135 Å². The van der Waals surface area contributed by atoms with E-state index in [2.05, 4.69) is 59.6 Å². The minimum absolute atomic E-state index is 0.0709. The van der Waals surface area contributed by atoms with Gasteiger partial charge in [0.2, 0.25) is 17.7 Å². The summed E-state index contributed by atoms with van der Waals surface area (Å²) in [6, 6.07) is 16.9. The number of hydrogen-bond donors (Lipinski definition) is 3. The van der Waals surface area contributed by atoms with E-state index in [4.69, 9.17) is 9.47 Å². The predicted octanol–water partition coefficient (Wildman–Crippen LogP) is 4.51. The van der Waals surface area contributed by atoms with Crippen molar-refractivity contribution < 1.29 is 32.6 Å². The summed E-state index contributed by atoms with van der Waals surface area (Å²) in [6.45, 7) is 7.64. The highest BCUT2D eigenvalue weighted by Gasteiger charge is 2.39. The summed E-state index contributed by atoms with van der Waals surface area (Å²) in [7, 11) is 1.67. The lowest BCUT2D eigenvalue weighted by Gasteiger charge is -2.46. The van der Waals surface area contributed by atoms with E-state index in [9.17, 15) is 23.2 Å². The van der Waals surface area contributed by atoms with E-state index in [1.54, 1.807) is 13.2 Å². The summed E-state index contributed by atoms with van der Waals surface area (Å²) in [5.74, 6) is 0.358. The van der Waals surface area contributed by atoms with Crippen LogP contribution in [0.25, 0.3) is 10.9 Å². The van der Waals surface area contributed by atoms with Gasteiger partial charge >= 0.3 is 0 Å². The van der Waals surface area contributed by atoms with Gasteiger partial charge in [-0.05, 0) is 68.4 Å². The number of anilines is 2. The number of fused-ring (bicyclic) bond motifs is 6. The van der Waals surface area contributed by atoms with Gasteiger partial charge in [-0.1, -0.05) is 24.3 Å². The lowest BCUT2D eigenvalue weighted by Crippen LogP contribution is -2.58. The fraction of sp³-hybridized carbons (Fsp3) is 0.488. The van der Waals surface area contributed by atoms with Crippen molar-refractivity contribution in [3.05, 3.63) is 77.1 Å². The van der Waals surface area contributed by atoms with Crippen LogP contribution in [0, 0.1) is 5.92 Å². The van der Waals surface area contributed by atoms with Gasteiger partial charge in [0.05, 0.1) is 25.7 Å². The molecule has 7 heterocycles. The summed E-state index contributed by atoms with van der Waals surface area (Å²) in [4.78, 5) is 53.8. The van der Waals surface area contributed by atoms with Gasteiger partial charge in [0.1, 0.15) is 29.8 Å². The molecule has 3 fully saturated rings. The van der Waals surface area contributed by atoms with Gasteiger partial charge in [-0.3, -0.25) is 29.5 Å². The zero-order valence-corrected chi connectivity index (χ0v) is 32.9. The number of rotatable bonds is 9. The molecule has 306 valence electrons. The number of aromatic nitrogens is 2. The first-order chi connectivity index (χ1) is 28.1. The number of piperazine rings is 1. The van der Waals surface area contributed by atoms with Crippen LogP contribution in [0.15, 0.2) is 54.6 Å². The number of hydrogen-bond acceptors (Lipinski definition) is 10. The highest BCUT2D eigenvalue weighted by molar-refractivity contribution is 6.03. The SMILES string of the molecule is COc1cc(N2CCC(CN3CCN4c5ccc(C(=O)NC6CCC(=O)NC6=O)nc5OC[C@H]4C3)CC2)ccc1[C@@H]1c2[nH]c3ccccc3c2C[C@@H](C)N1CC(F)F. The molecule has 3 N–H and O–H groups in total. The van der Waals surface area contributed by atoms with E-state index in [-0.39, 0.29) is 49.1 Å². The average molecular weight is 797 g/mol. The monoisotopic (exact) mass is 796 g/mol. The van der Waals surface area contributed by atoms with E-state index in [0.29, 0.717) is 30.6 Å². The molecule has 9 rings (SSSR count). The smallest absolute Gasteiger partial charge is 0.270 e. The van der Waals surface area contributed by atoms with Crippen LogP contribution in [0.4, 0.5) is 20.2 Å². The molecule has 3 amide bonds. The summed E-state index contributed by atoms with van der Waals surface area (Å²) < 4.78 is 40.2. The number of carbonyl (C=O) groups excluding carboxylic acids is 3. The van der Waals surface area contributed by atoms with Gasteiger partial charge in [0.25, 0.3) is 12.3 Å². The van der Waals surface area contributed by atoms with Crippen LogP contribution in [0.1, 0.15) is 66.0 Å². The second-order valence-electron chi connectivity index (χ2n) is 16.4. The third kappa shape index (κ3) is 7.34. The lowest BCUT2D eigenvalue weighted by atomic mass is 9.88. The number of nitrogens with zero attached hydrogens (tertiary/aromatic N) is 5. The molecule has 2 aromatic heterocycles. The van der Waals surface area contributed by atoms with Crippen molar-refractivity contribution in [3.8, 4) is 11.6 Å². The van der Waals surface area contributed by atoms with E-state index in [1.807, 2.05) is 36.1 Å². The van der Waals surface area contributed by atoms with E-state index in [0.717, 1.165) is 85.6 Å². The molecule has 15 heteroatoms. The third-order valence-corrected chi connectivity index (χ3v) is 12.8. The Morgan fingerprint density at radius 1 is 1.05 bits per heavy atom. The number of imide groups is 1. The van der Waals surface area contributed by atoms with Crippen molar-refractivity contribution in [1.29, 1.82) is 0 Å². The zero-order valence-electron chi connectivity index (χ0n) is 32.9. The maximum Gasteiger partial charge on any atom is 0.270 e. The molecule has 3 saturated heterocycles.